The number of rotatable bonds is 3. The summed E-state index contributed by atoms with van der Waals surface area (Å²) in [6, 6.07) is 5.74. The monoisotopic (exact) mass is 272 g/mol. The third kappa shape index (κ3) is 2.67. The quantitative estimate of drug-likeness (QED) is 0.802. The molecule has 0 aliphatic heterocycles. The van der Waals surface area contributed by atoms with E-state index in [0.29, 0.717) is 6.42 Å². The number of benzene rings is 1. The van der Waals surface area contributed by atoms with Gasteiger partial charge in [0.15, 0.2) is 0 Å². The Morgan fingerprint density at radius 3 is 2.95 bits per heavy atom. The molecule has 3 rings (SSSR count). The molecule has 0 unspecified atom stereocenters. The third-order valence-electron chi connectivity index (χ3n) is 4.11. The molecule has 0 saturated heterocycles. The van der Waals surface area contributed by atoms with Crippen molar-refractivity contribution in [3.05, 3.63) is 24.4 Å². The second-order valence-electron chi connectivity index (χ2n) is 5.79. The Morgan fingerprint density at radius 1 is 1.35 bits per heavy atom. The van der Waals surface area contributed by atoms with Crippen molar-refractivity contribution in [1.82, 2.24) is 10.2 Å². The highest BCUT2D eigenvalue weighted by Crippen LogP contribution is 2.29. The molecular weight excluding hydrogens is 252 g/mol. The number of carbonyl (C=O) groups is 1. The molecule has 5 nitrogen and oxygen atoms in total. The maximum atomic E-state index is 12.2. The lowest BCUT2D eigenvalue weighted by molar-refractivity contribution is -0.117. The topological polar surface area (TPSA) is 83.8 Å². The molecule has 106 valence electrons. The van der Waals surface area contributed by atoms with Crippen molar-refractivity contribution in [3.8, 4) is 0 Å². The van der Waals surface area contributed by atoms with Gasteiger partial charge in [-0.05, 0) is 18.9 Å². The summed E-state index contributed by atoms with van der Waals surface area (Å²) >= 11 is 0. The Balaban J connectivity index is 1.71. The fourth-order valence-electron chi connectivity index (χ4n) is 3.02. The van der Waals surface area contributed by atoms with Crippen molar-refractivity contribution in [1.29, 1.82) is 0 Å². The van der Waals surface area contributed by atoms with E-state index in [4.69, 9.17) is 5.73 Å². The van der Waals surface area contributed by atoms with Crippen LogP contribution in [0.1, 0.15) is 38.5 Å². The molecule has 1 aromatic carbocycles. The average molecular weight is 272 g/mol. The van der Waals surface area contributed by atoms with Crippen molar-refractivity contribution in [2.75, 3.05) is 5.32 Å². The molecule has 0 spiro atoms. The number of aromatic amines is 1. The van der Waals surface area contributed by atoms with Crippen molar-refractivity contribution in [2.24, 2.45) is 5.73 Å². The van der Waals surface area contributed by atoms with E-state index in [1.807, 2.05) is 18.2 Å². The van der Waals surface area contributed by atoms with Gasteiger partial charge in [-0.3, -0.25) is 9.89 Å². The Bertz CT molecular complexity index is 613. The van der Waals surface area contributed by atoms with E-state index in [9.17, 15) is 4.79 Å². The summed E-state index contributed by atoms with van der Waals surface area (Å²) < 4.78 is 0. The van der Waals surface area contributed by atoms with Crippen molar-refractivity contribution in [3.63, 3.8) is 0 Å². The second-order valence-corrected chi connectivity index (χ2v) is 5.79. The zero-order valence-electron chi connectivity index (χ0n) is 11.5. The van der Waals surface area contributed by atoms with Gasteiger partial charge >= 0.3 is 0 Å². The number of fused-ring (bicyclic) bond motifs is 1. The van der Waals surface area contributed by atoms with Gasteiger partial charge in [0.25, 0.3) is 0 Å². The molecule has 0 radical (unpaired) electrons. The molecule has 2 aromatic rings. The molecule has 0 atom stereocenters. The van der Waals surface area contributed by atoms with Crippen LogP contribution < -0.4 is 11.1 Å². The lowest BCUT2D eigenvalue weighted by Gasteiger charge is -2.32. The van der Waals surface area contributed by atoms with Crippen LogP contribution in [0, 0.1) is 0 Å². The molecule has 5 heteroatoms. The van der Waals surface area contributed by atoms with Gasteiger partial charge in [-0.25, -0.2) is 0 Å². The number of H-pyrrole nitrogens is 1. The van der Waals surface area contributed by atoms with Gasteiger partial charge in [0.1, 0.15) is 0 Å². The second kappa shape index (κ2) is 5.25. The van der Waals surface area contributed by atoms with E-state index in [2.05, 4.69) is 15.5 Å². The summed E-state index contributed by atoms with van der Waals surface area (Å²) in [5.41, 5.74) is 7.62. The van der Waals surface area contributed by atoms with Gasteiger partial charge in [0, 0.05) is 17.3 Å². The number of amides is 1. The van der Waals surface area contributed by atoms with E-state index in [1.165, 1.54) is 6.42 Å². The summed E-state index contributed by atoms with van der Waals surface area (Å²) in [4.78, 5) is 12.2. The highest BCUT2D eigenvalue weighted by molar-refractivity contribution is 6.00. The third-order valence-corrected chi connectivity index (χ3v) is 4.11. The minimum absolute atomic E-state index is 0.0171. The number of nitrogens with one attached hydrogen (secondary N) is 2. The highest BCUT2D eigenvalue weighted by atomic mass is 16.1. The number of nitrogens with zero attached hydrogens (tertiary/aromatic N) is 1. The first-order chi connectivity index (χ1) is 9.66. The van der Waals surface area contributed by atoms with Crippen LogP contribution in [0.2, 0.25) is 0 Å². The summed E-state index contributed by atoms with van der Waals surface area (Å²) in [5, 5.41) is 10.9. The lowest BCUT2D eigenvalue weighted by Crippen LogP contribution is -2.44. The zero-order chi connectivity index (χ0) is 14.0. The van der Waals surface area contributed by atoms with E-state index >= 15 is 0 Å². The molecule has 1 amide bonds. The van der Waals surface area contributed by atoms with Gasteiger partial charge < -0.3 is 11.1 Å². The van der Waals surface area contributed by atoms with Gasteiger partial charge in [0.05, 0.1) is 17.4 Å². The molecule has 1 aliphatic rings. The molecule has 1 saturated carbocycles. The summed E-state index contributed by atoms with van der Waals surface area (Å²) in [6.45, 7) is 0. The van der Waals surface area contributed by atoms with Gasteiger partial charge in [-0.2, -0.15) is 5.10 Å². The maximum Gasteiger partial charge on any atom is 0.226 e. The predicted octanol–water partition coefficient (Wildman–Crippen LogP) is 2.55. The molecule has 1 fully saturated rings. The minimum Gasteiger partial charge on any atom is -0.325 e. The first kappa shape index (κ1) is 13.1. The predicted molar refractivity (Wildman–Crippen MR) is 79.3 cm³/mol. The summed E-state index contributed by atoms with van der Waals surface area (Å²) in [6.07, 6.45) is 7.49. The van der Waals surface area contributed by atoms with Gasteiger partial charge in [-0.1, -0.05) is 31.4 Å². The fourth-order valence-corrected chi connectivity index (χ4v) is 3.02. The number of carbonyl (C=O) groups excluding carboxylic acids is 1. The zero-order valence-corrected chi connectivity index (χ0v) is 11.5. The largest absolute Gasteiger partial charge is 0.325 e. The Labute approximate surface area is 117 Å². The number of nitrogens with two attached hydrogens (primary N) is 1. The van der Waals surface area contributed by atoms with E-state index in [1.54, 1.807) is 6.20 Å². The SMILES string of the molecule is NC1(CC(=O)Nc2cccc3cn[nH]c23)CCCCC1. The lowest BCUT2D eigenvalue weighted by atomic mass is 9.80. The molecule has 1 aromatic heterocycles. The number of anilines is 1. The summed E-state index contributed by atoms with van der Waals surface area (Å²) in [5.74, 6) is -0.0171. The van der Waals surface area contributed by atoms with Crippen LogP contribution in [0.25, 0.3) is 10.9 Å². The van der Waals surface area contributed by atoms with Gasteiger partial charge in [0.2, 0.25) is 5.91 Å². The van der Waals surface area contributed by atoms with Crippen LogP contribution in [-0.2, 0) is 4.79 Å². The molecule has 1 aliphatic carbocycles. The molecule has 4 N–H and O–H groups in total. The molecule has 20 heavy (non-hydrogen) atoms. The van der Waals surface area contributed by atoms with E-state index in [0.717, 1.165) is 42.3 Å². The standard InChI is InChI=1S/C15H20N4O/c16-15(7-2-1-3-8-15)9-13(20)18-12-6-4-5-11-10-17-19-14(11)12/h4-6,10H,1-3,7-9,16H2,(H,17,19)(H,18,20). The first-order valence-corrected chi connectivity index (χ1v) is 7.17. The smallest absolute Gasteiger partial charge is 0.226 e. The minimum atomic E-state index is -0.329. The normalized spacial score (nSPS) is 18.1. The average Bonchev–Trinajstić information content (AvgIpc) is 2.88. The summed E-state index contributed by atoms with van der Waals surface area (Å²) in [7, 11) is 0. The van der Waals surface area contributed by atoms with Crippen LogP contribution >= 0.6 is 0 Å². The maximum absolute atomic E-state index is 12.2. The number of hydrogen-bond donors (Lipinski definition) is 3. The van der Waals surface area contributed by atoms with Crippen LogP contribution in [0.15, 0.2) is 24.4 Å². The van der Waals surface area contributed by atoms with E-state index < -0.39 is 0 Å². The van der Waals surface area contributed by atoms with Crippen LogP contribution in [0.4, 0.5) is 5.69 Å². The van der Waals surface area contributed by atoms with Gasteiger partial charge in [-0.15, -0.1) is 0 Å². The van der Waals surface area contributed by atoms with Crippen LogP contribution in [0.5, 0.6) is 0 Å². The van der Waals surface area contributed by atoms with Crippen molar-refractivity contribution < 1.29 is 4.79 Å². The number of hydrogen-bond acceptors (Lipinski definition) is 3. The number of aromatic nitrogens is 2. The Kier molecular flexibility index (Phi) is 3.44. The molecular formula is C15H20N4O. The Hall–Kier alpha value is -1.88. The highest BCUT2D eigenvalue weighted by Gasteiger charge is 2.30. The van der Waals surface area contributed by atoms with Crippen molar-refractivity contribution in [2.45, 2.75) is 44.1 Å². The molecule has 0 bridgehead atoms. The molecule has 1 heterocycles. The van der Waals surface area contributed by atoms with Crippen molar-refractivity contribution >= 4 is 22.5 Å². The first-order valence-electron chi connectivity index (χ1n) is 7.17. The number of para-hydroxylation sites is 1. The Morgan fingerprint density at radius 2 is 2.15 bits per heavy atom. The fraction of sp³-hybridized carbons (Fsp3) is 0.467. The van der Waals surface area contributed by atoms with E-state index in [-0.39, 0.29) is 11.4 Å². The van der Waals surface area contributed by atoms with Crippen LogP contribution in [0.3, 0.4) is 0 Å². The van der Waals surface area contributed by atoms with Crippen LogP contribution in [-0.4, -0.2) is 21.6 Å².